The third kappa shape index (κ3) is 7.67. The van der Waals surface area contributed by atoms with Gasteiger partial charge >= 0.3 is 5.97 Å². The summed E-state index contributed by atoms with van der Waals surface area (Å²) in [6.45, 7) is 4.33. The normalized spacial score (nSPS) is 15.9. The van der Waals surface area contributed by atoms with Gasteiger partial charge in [0.1, 0.15) is 5.25 Å². The van der Waals surface area contributed by atoms with E-state index in [0.717, 1.165) is 11.1 Å². The molecular weight excluding hydrogens is 542 g/mol. The Bertz CT molecular complexity index is 1440. The number of aryl methyl sites for hydroxylation is 1. The van der Waals surface area contributed by atoms with Crippen LogP contribution < -0.4 is 14.8 Å². The maximum Gasteiger partial charge on any atom is 0.338 e. The zero-order valence-corrected chi connectivity index (χ0v) is 24.3. The van der Waals surface area contributed by atoms with E-state index in [2.05, 4.69) is 5.32 Å². The number of hydrogen-bond acceptors (Lipinski definition) is 8. The summed E-state index contributed by atoms with van der Waals surface area (Å²) in [6.07, 6.45) is 0.572. The van der Waals surface area contributed by atoms with Gasteiger partial charge in [-0.05, 0) is 79.9 Å². The van der Waals surface area contributed by atoms with Gasteiger partial charge in [0.15, 0.2) is 16.7 Å². The van der Waals surface area contributed by atoms with Crippen LogP contribution in [0.15, 0.2) is 71.7 Å². The Morgan fingerprint density at radius 1 is 1.02 bits per heavy atom. The molecule has 0 aliphatic carbocycles. The van der Waals surface area contributed by atoms with Crippen molar-refractivity contribution in [3.8, 4) is 11.5 Å². The van der Waals surface area contributed by atoms with Crippen LogP contribution in [0, 0.1) is 6.92 Å². The second kappa shape index (κ2) is 13.8. The van der Waals surface area contributed by atoms with Crippen molar-refractivity contribution in [2.75, 3.05) is 32.7 Å². The van der Waals surface area contributed by atoms with E-state index in [4.69, 9.17) is 19.2 Å². The highest BCUT2D eigenvalue weighted by Crippen LogP contribution is 2.32. The van der Waals surface area contributed by atoms with E-state index in [1.165, 1.54) is 11.8 Å². The molecule has 1 heterocycles. The Balaban J connectivity index is 1.57. The number of nitrogens with one attached hydrogen (secondary N) is 1. The second-order valence-corrected chi connectivity index (χ2v) is 10.5. The van der Waals surface area contributed by atoms with Gasteiger partial charge in [0.2, 0.25) is 11.8 Å². The standard InChI is InChI=1S/C31H33N3O6S/c1-5-40-30(37)22-10-12-23(13-11-22)33-31-34(16-15-21-9-14-25(38-3)26(18-21)39-4)28(35)19-27(41-31)29(36)32-24-8-6-7-20(2)17-24/h6-14,17-18,27H,5,15-16,19H2,1-4H3,(H,32,36). The summed E-state index contributed by atoms with van der Waals surface area (Å²) in [7, 11) is 3.15. The van der Waals surface area contributed by atoms with Gasteiger partial charge in [-0.15, -0.1) is 0 Å². The van der Waals surface area contributed by atoms with Gasteiger partial charge in [0, 0.05) is 18.7 Å². The summed E-state index contributed by atoms with van der Waals surface area (Å²) >= 11 is 1.24. The van der Waals surface area contributed by atoms with Crippen molar-refractivity contribution in [3.63, 3.8) is 0 Å². The highest BCUT2D eigenvalue weighted by molar-refractivity contribution is 8.15. The lowest BCUT2D eigenvalue weighted by Gasteiger charge is -2.32. The first kappa shape index (κ1) is 29.7. The molecule has 1 aliphatic rings. The fraction of sp³-hybridized carbons (Fsp3) is 0.290. The van der Waals surface area contributed by atoms with Crippen molar-refractivity contribution in [1.29, 1.82) is 0 Å². The van der Waals surface area contributed by atoms with E-state index in [1.54, 1.807) is 50.3 Å². The van der Waals surface area contributed by atoms with Gasteiger partial charge in [0.25, 0.3) is 0 Å². The molecule has 1 N–H and O–H groups in total. The van der Waals surface area contributed by atoms with Crippen molar-refractivity contribution >= 4 is 46.1 Å². The Kier molecular flexibility index (Phi) is 10.0. The molecule has 3 aromatic carbocycles. The number of hydrogen-bond donors (Lipinski definition) is 1. The van der Waals surface area contributed by atoms with Gasteiger partial charge < -0.3 is 19.5 Å². The number of amidine groups is 1. The topological polar surface area (TPSA) is 107 Å². The number of rotatable bonds is 10. The maximum absolute atomic E-state index is 13.4. The molecule has 0 saturated carbocycles. The Morgan fingerprint density at radius 3 is 2.46 bits per heavy atom. The molecule has 0 spiro atoms. The summed E-state index contributed by atoms with van der Waals surface area (Å²) in [5, 5.41) is 2.68. The smallest absolute Gasteiger partial charge is 0.338 e. The number of amides is 2. The predicted molar refractivity (Wildman–Crippen MR) is 160 cm³/mol. The number of carbonyl (C=O) groups is 3. The van der Waals surface area contributed by atoms with Crippen molar-refractivity contribution < 1.29 is 28.6 Å². The largest absolute Gasteiger partial charge is 0.493 e. The maximum atomic E-state index is 13.4. The number of carbonyl (C=O) groups excluding carboxylic acids is 3. The number of nitrogens with zero attached hydrogens (tertiary/aromatic N) is 2. The van der Waals surface area contributed by atoms with Crippen LogP contribution in [0.2, 0.25) is 0 Å². The van der Waals surface area contributed by atoms with Crippen LogP contribution in [0.3, 0.4) is 0 Å². The summed E-state index contributed by atoms with van der Waals surface area (Å²) < 4.78 is 15.8. The zero-order chi connectivity index (χ0) is 29.4. The Hall–Kier alpha value is -4.31. The molecule has 0 radical (unpaired) electrons. The Morgan fingerprint density at radius 2 is 1.78 bits per heavy atom. The van der Waals surface area contributed by atoms with Crippen LogP contribution in [0.1, 0.15) is 34.8 Å². The minimum Gasteiger partial charge on any atom is -0.493 e. The van der Waals surface area contributed by atoms with Crippen molar-refractivity contribution in [1.82, 2.24) is 4.90 Å². The van der Waals surface area contributed by atoms with Crippen LogP contribution in [-0.2, 0) is 20.7 Å². The number of benzene rings is 3. The van der Waals surface area contributed by atoms with Crippen LogP contribution >= 0.6 is 11.8 Å². The quantitative estimate of drug-likeness (QED) is 0.323. The number of methoxy groups -OCH3 is 2. The van der Waals surface area contributed by atoms with E-state index in [1.807, 2.05) is 49.4 Å². The molecule has 0 bridgehead atoms. The molecule has 214 valence electrons. The lowest BCUT2D eigenvalue weighted by atomic mass is 10.1. The first-order valence-corrected chi connectivity index (χ1v) is 14.1. The van der Waals surface area contributed by atoms with E-state index in [-0.39, 0.29) is 24.8 Å². The zero-order valence-electron chi connectivity index (χ0n) is 23.5. The van der Waals surface area contributed by atoms with Gasteiger partial charge in [-0.1, -0.05) is 30.0 Å². The molecule has 1 saturated heterocycles. The molecule has 1 fully saturated rings. The molecule has 0 aromatic heterocycles. The third-order valence-corrected chi connectivity index (χ3v) is 7.58. The molecule has 1 atom stereocenters. The van der Waals surface area contributed by atoms with E-state index in [0.29, 0.717) is 46.6 Å². The molecule has 41 heavy (non-hydrogen) atoms. The first-order valence-electron chi connectivity index (χ1n) is 13.2. The third-order valence-electron chi connectivity index (χ3n) is 6.39. The van der Waals surface area contributed by atoms with E-state index < -0.39 is 11.2 Å². The predicted octanol–water partition coefficient (Wildman–Crippen LogP) is 5.39. The highest BCUT2D eigenvalue weighted by atomic mass is 32.2. The van der Waals surface area contributed by atoms with Crippen LogP contribution in [0.5, 0.6) is 11.5 Å². The lowest BCUT2D eigenvalue weighted by Crippen LogP contribution is -2.46. The number of thioether (sulfide) groups is 1. The molecule has 9 nitrogen and oxygen atoms in total. The summed E-state index contributed by atoms with van der Waals surface area (Å²) in [6, 6.07) is 19.8. The van der Waals surface area contributed by atoms with Gasteiger partial charge in [-0.3, -0.25) is 14.5 Å². The molecular formula is C31H33N3O6S. The minimum atomic E-state index is -0.655. The monoisotopic (exact) mass is 575 g/mol. The van der Waals surface area contributed by atoms with Crippen LogP contribution in [0.4, 0.5) is 11.4 Å². The number of ether oxygens (including phenoxy) is 3. The van der Waals surface area contributed by atoms with Gasteiger partial charge in [-0.2, -0.15) is 0 Å². The van der Waals surface area contributed by atoms with Crippen molar-refractivity contribution in [3.05, 3.63) is 83.4 Å². The van der Waals surface area contributed by atoms with E-state index in [9.17, 15) is 14.4 Å². The number of esters is 1. The summed E-state index contributed by atoms with van der Waals surface area (Å²) in [5.41, 5.74) is 3.60. The molecule has 1 unspecified atom stereocenters. The first-order chi connectivity index (χ1) is 19.8. The van der Waals surface area contributed by atoms with E-state index >= 15 is 0 Å². The number of anilines is 1. The Labute approximate surface area is 243 Å². The molecule has 1 aliphatic heterocycles. The van der Waals surface area contributed by atoms with Crippen molar-refractivity contribution in [2.45, 2.75) is 31.9 Å². The second-order valence-electron chi connectivity index (χ2n) is 9.32. The minimum absolute atomic E-state index is 0.0368. The highest BCUT2D eigenvalue weighted by Gasteiger charge is 2.36. The lowest BCUT2D eigenvalue weighted by molar-refractivity contribution is -0.129. The van der Waals surface area contributed by atoms with Crippen molar-refractivity contribution in [2.24, 2.45) is 4.99 Å². The van der Waals surface area contributed by atoms with Gasteiger partial charge in [0.05, 0.1) is 32.1 Å². The molecule has 3 aromatic rings. The fourth-order valence-electron chi connectivity index (χ4n) is 4.28. The SMILES string of the molecule is CCOC(=O)c1ccc(N=C2SC(C(=O)Nc3cccc(C)c3)CC(=O)N2CCc2ccc(OC)c(OC)c2)cc1. The fourth-order valence-corrected chi connectivity index (χ4v) is 5.41. The molecule has 4 rings (SSSR count). The van der Waals surface area contributed by atoms with Gasteiger partial charge in [-0.25, -0.2) is 9.79 Å². The molecule has 10 heteroatoms. The average molecular weight is 576 g/mol. The summed E-state index contributed by atoms with van der Waals surface area (Å²) in [5.74, 6) is 0.345. The van der Waals surface area contributed by atoms with Crippen LogP contribution in [-0.4, -0.2) is 60.5 Å². The number of aliphatic imine (C=N–C) groups is 1. The molecule has 2 amide bonds. The average Bonchev–Trinajstić information content (AvgIpc) is 2.97. The van der Waals surface area contributed by atoms with Crippen LogP contribution in [0.25, 0.3) is 0 Å². The summed E-state index contributed by atoms with van der Waals surface area (Å²) in [4.78, 5) is 45.0.